The second kappa shape index (κ2) is 7.23. The van der Waals surface area contributed by atoms with E-state index in [9.17, 15) is 8.42 Å². The van der Waals surface area contributed by atoms with Gasteiger partial charge in [0.1, 0.15) is 11.2 Å². The fourth-order valence-corrected chi connectivity index (χ4v) is 5.11. The van der Waals surface area contributed by atoms with Crippen molar-refractivity contribution < 1.29 is 12.8 Å². The molecule has 4 heterocycles. The summed E-state index contributed by atoms with van der Waals surface area (Å²) in [5.74, 6) is 0.448. The molecule has 0 N–H and O–H groups in total. The standard InChI is InChI=1S/C22H20N4O3S/c1-25-10-6-16(7-11-25)20-15-26(30(27,28)18-3-2-8-23-14-18)21-13-17(4-5-19(20)21)22-24-9-12-29-22/h2-6,8-9,12-15H,7,10-11H2,1H3. The van der Waals surface area contributed by atoms with Crippen LogP contribution in [0.3, 0.4) is 0 Å². The van der Waals surface area contributed by atoms with Crippen LogP contribution in [0.1, 0.15) is 12.0 Å². The van der Waals surface area contributed by atoms with Gasteiger partial charge in [0, 0.05) is 48.2 Å². The normalized spacial score (nSPS) is 15.4. The third kappa shape index (κ3) is 3.14. The van der Waals surface area contributed by atoms with Crippen molar-refractivity contribution in [3.05, 3.63) is 73.0 Å². The second-order valence-electron chi connectivity index (χ2n) is 7.34. The van der Waals surface area contributed by atoms with Crippen LogP contribution in [-0.4, -0.2) is 47.4 Å². The van der Waals surface area contributed by atoms with Gasteiger partial charge in [0.15, 0.2) is 0 Å². The number of benzene rings is 1. The molecule has 8 heteroatoms. The van der Waals surface area contributed by atoms with Crippen molar-refractivity contribution in [1.82, 2.24) is 18.8 Å². The van der Waals surface area contributed by atoms with Crippen LogP contribution in [0.2, 0.25) is 0 Å². The Hall–Kier alpha value is -3.23. The Balaban J connectivity index is 1.75. The number of rotatable bonds is 4. The first kappa shape index (κ1) is 18.8. The van der Waals surface area contributed by atoms with Crippen molar-refractivity contribution in [3.8, 4) is 11.5 Å². The number of fused-ring (bicyclic) bond motifs is 1. The molecule has 1 aliphatic heterocycles. The molecule has 5 rings (SSSR count). The van der Waals surface area contributed by atoms with Gasteiger partial charge in [-0.15, -0.1) is 0 Å². The van der Waals surface area contributed by atoms with Crippen molar-refractivity contribution in [2.24, 2.45) is 0 Å². The van der Waals surface area contributed by atoms with Gasteiger partial charge in [-0.05, 0) is 43.3 Å². The van der Waals surface area contributed by atoms with Crippen molar-refractivity contribution in [2.45, 2.75) is 11.3 Å². The van der Waals surface area contributed by atoms with E-state index in [1.165, 1.54) is 16.4 Å². The molecule has 0 saturated carbocycles. The van der Waals surface area contributed by atoms with E-state index in [-0.39, 0.29) is 4.90 Å². The number of hydrogen-bond donors (Lipinski definition) is 0. The van der Waals surface area contributed by atoms with Gasteiger partial charge in [0.2, 0.25) is 5.89 Å². The van der Waals surface area contributed by atoms with Gasteiger partial charge in [0.05, 0.1) is 11.7 Å². The van der Waals surface area contributed by atoms with Crippen molar-refractivity contribution in [3.63, 3.8) is 0 Å². The van der Waals surface area contributed by atoms with Gasteiger partial charge < -0.3 is 9.32 Å². The van der Waals surface area contributed by atoms with Crippen LogP contribution in [0.4, 0.5) is 0 Å². The molecule has 0 bridgehead atoms. The van der Waals surface area contributed by atoms with Gasteiger partial charge in [0.25, 0.3) is 10.0 Å². The number of nitrogens with zero attached hydrogens (tertiary/aromatic N) is 4. The number of hydrogen-bond acceptors (Lipinski definition) is 6. The van der Waals surface area contributed by atoms with Crippen LogP contribution in [0.25, 0.3) is 27.9 Å². The summed E-state index contributed by atoms with van der Waals surface area (Å²) >= 11 is 0. The van der Waals surface area contributed by atoms with Gasteiger partial charge >= 0.3 is 0 Å². The highest BCUT2D eigenvalue weighted by molar-refractivity contribution is 7.90. The van der Waals surface area contributed by atoms with Crippen molar-refractivity contribution >= 4 is 26.5 Å². The molecule has 0 amide bonds. The Morgan fingerprint density at radius 1 is 1.17 bits per heavy atom. The Morgan fingerprint density at radius 2 is 2.07 bits per heavy atom. The monoisotopic (exact) mass is 420 g/mol. The predicted molar refractivity (Wildman–Crippen MR) is 114 cm³/mol. The first-order valence-corrected chi connectivity index (χ1v) is 11.1. The highest BCUT2D eigenvalue weighted by Crippen LogP contribution is 2.35. The molecule has 0 aliphatic carbocycles. The molecule has 7 nitrogen and oxygen atoms in total. The Kier molecular flexibility index (Phi) is 4.52. The summed E-state index contributed by atoms with van der Waals surface area (Å²) in [7, 11) is -1.74. The zero-order valence-corrected chi connectivity index (χ0v) is 17.2. The van der Waals surface area contributed by atoms with E-state index < -0.39 is 10.0 Å². The SMILES string of the molecule is CN1CC=C(c2cn(S(=O)(=O)c3cccnc3)c3cc(-c4ncco4)ccc23)CC1. The highest BCUT2D eigenvalue weighted by Gasteiger charge is 2.24. The minimum Gasteiger partial charge on any atom is -0.445 e. The minimum absolute atomic E-state index is 0.146. The van der Waals surface area contributed by atoms with E-state index in [0.29, 0.717) is 11.4 Å². The maximum Gasteiger partial charge on any atom is 0.269 e. The minimum atomic E-state index is -3.81. The summed E-state index contributed by atoms with van der Waals surface area (Å²) < 4.78 is 33.7. The van der Waals surface area contributed by atoms with Crippen LogP contribution in [-0.2, 0) is 10.0 Å². The van der Waals surface area contributed by atoms with E-state index in [0.717, 1.165) is 41.6 Å². The van der Waals surface area contributed by atoms with E-state index in [1.807, 2.05) is 18.2 Å². The molecule has 3 aromatic heterocycles. The largest absolute Gasteiger partial charge is 0.445 e. The van der Waals surface area contributed by atoms with Gasteiger partial charge in [-0.3, -0.25) is 4.98 Å². The summed E-state index contributed by atoms with van der Waals surface area (Å²) in [5, 5.41) is 0.883. The van der Waals surface area contributed by atoms with Gasteiger partial charge in [-0.2, -0.15) is 0 Å². The summed E-state index contributed by atoms with van der Waals surface area (Å²) in [6.45, 7) is 1.77. The number of likely N-dealkylation sites (N-methyl/N-ethyl adjacent to an activating group) is 1. The van der Waals surface area contributed by atoms with Crippen LogP contribution in [0.15, 0.2) is 76.8 Å². The first-order valence-electron chi connectivity index (χ1n) is 9.62. The average molecular weight is 420 g/mol. The molecule has 152 valence electrons. The van der Waals surface area contributed by atoms with Crippen LogP contribution < -0.4 is 0 Å². The number of aromatic nitrogens is 3. The molecule has 1 aromatic carbocycles. The molecular formula is C22H20N4O3S. The molecule has 0 atom stereocenters. The lowest BCUT2D eigenvalue weighted by Gasteiger charge is -2.21. The van der Waals surface area contributed by atoms with Crippen molar-refractivity contribution in [2.75, 3.05) is 20.1 Å². The van der Waals surface area contributed by atoms with E-state index in [1.54, 1.807) is 30.7 Å². The summed E-state index contributed by atoms with van der Waals surface area (Å²) in [5.41, 5.74) is 3.40. The molecule has 0 saturated heterocycles. The fourth-order valence-electron chi connectivity index (χ4n) is 3.78. The van der Waals surface area contributed by atoms with E-state index in [2.05, 4.69) is 28.0 Å². The van der Waals surface area contributed by atoms with Crippen LogP contribution >= 0.6 is 0 Å². The fraction of sp³-hybridized carbons (Fsp3) is 0.182. The second-order valence-corrected chi connectivity index (χ2v) is 9.16. The molecular weight excluding hydrogens is 400 g/mol. The lowest BCUT2D eigenvalue weighted by molar-refractivity contribution is 0.370. The Labute approximate surface area is 174 Å². The maximum atomic E-state index is 13.4. The van der Waals surface area contributed by atoms with Gasteiger partial charge in [-0.1, -0.05) is 12.1 Å². The molecule has 0 spiro atoms. The quantitative estimate of drug-likeness (QED) is 0.501. The Bertz CT molecular complexity index is 1340. The Morgan fingerprint density at radius 3 is 2.77 bits per heavy atom. The molecule has 0 radical (unpaired) electrons. The van der Waals surface area contributed by atoms with E-state index in [4.69, 9.17) is 4.42 Å². The van der Waals surface area contributed by atoms with Crippen LogP contribution in [0.5, 0.6) is 0 Å². The predicted octanol–water partition coefficient (Wildman–Crippen LogP) is 3.65. The summed E-state index contributed by atoms with van der Waals surface area (Å²) in [4.78, 5) is 10.6. The zero-order valence-electron chi connectivity index (χ0n) is 16.4. The number of oxazole rings is 1. The maximum absolute atomic E-state index is 13.4. The highest BCUT2D eigenvalue weighted by atomic mass is 32.2. The summed E-state index contributed by atoms with van der Waals surface area (Å²) in [6, 6.07) is 8.85. The van der Waals surface area contributed by atoms with Crippen molar-refractivity contribution in [1.29, 1.82) is 0 Å². The zero-order chi connectivity index (χ0) is 20.7. The van der Waals surface area contributed by atoms with Gasteiger partial charge in [-0.25, -0.2) is 17.4 Å². The lowest BCUT2D eigenvalue weighted by Crippen LogP contribution is -2.23. The third-order valence-corrected chi connectivity index (χ3v) is 7.06. The molecule has 1 aliphatic rings. The molecule has 4 aromatic rings. The van der Waals surface area contributed by atoms with E-state index >= 15 is 0 Å². The molecule has 0 fully saturated rings. The molecule has 30 heavy (non-hydrogen) atoms. The lowest BCUT2D eigenvalue weighted by atomic mass is 9.98. The smallest absolute Gasteiger partial charge is 0.269 e. The van der Waals surface area contributed by atoms with Crippen LogP contribution in [0, 0.1) is 0 Å². The first-order chi connectivity index (χ1) is 14.5. The topological polar surface area (TPSA) is 81.2 Å². The summed E-state index contributed by atoms with van der Waals surface area (Å²) in [6.07, 6.45) is 10.8. The molecule has 0 unspecified atom stereocenters. The third-order valence-electron chi connectivity index (χ3n) is 5.40. The average Bonchev–Trinajstić information content (AvgIpc) is 3.43. The number of pyridine rings is 1.